The molecule has 1 N–H and O–H groups in total. The SMILES string of the molecule is COCCCN1C(=S)NC(c2ccccn2)C1c1cc(C)n(-c2ccc([N+](=O)[O-])cc2OC)c1C. The molecule has 4 rings (SSSR count). The summed E-state index contributed by atoms with van der Waals surface area (Å²) in [5, 5.41) is 15.4. The van der Waals surface area contributed by atoms with Crippen molar-refractivity contribution in [1.29, 1.82) is 0 Å². The van der Waals surface area contributed by atoms with Crippen molar-refractivity contribution in [2.45, 2.75) is 32.4 Å². The van der Waals surface area contributed by atoms with Crippen LogP contribution in [0.2, 0.25) is 0 Å². The monoisotopic (exact) mass is 495 g/mol. The number of nitrogens with one attached hydrogen (secondary N) is 1. The van der Waals surface area contributed by atoms with Gasteiger partial charge in [-0.05, 0) is 62.3 Å². The van der Waals surface area contributed by atoms with Gasteiger partial charge in [-0.2, -0.15) is 0 Å². The van der Waals surface area contributed by atoms with Crippen molar-refractivity contribution in [3.8, 4) is 11.4 Å². The van der Waals surface area contributed by atoms with Crippen molar-refractivity contribution < 1.29 is 14.4 Å². The van der Waals surface area contributed by atoms with Gasteiger partial charge >= 0.3 is 0 Å². The number of nitro benzene ring substituents is 1. The van der Waals surface area contributed by atoms with Gasteiger partial charge in [0.25, 0.3) is 5.69 Å². The lowest BCUT2D eigenvalue weighted by Gasteiger charge is -2.28. The molecular formula is C25H29N5O4S. The molecule has 2 aromatic heterocycles. The van der Waals surface area contributed by atoms with E-state index in [1.54, 1.807) is 19.4 Å². The molecule has 9 nitrogen and oxygen atoms in total. The first-order valence-corrected chi connectivity index (χ1v) is 11.8. The average Bonchev–Trinajstić information content (AvgIpc) is 3.34. The van der Waals surface area contributed by atoms with Gasteiger partial charge in [0.1, 0.15) is 5.75 Å². The van der Waals surface area contributed by atoms with E-state index in [1.165, 1.54) is 19.2 Å². The van der Waals surface area contributed by atoms with Crippen molar-refractivity contribution in [1.82, 2.24) is 19.8 Å². The molecule has 1 saturated heterocycles. The molecule has 0 saturated carbocycles. The molecule has 35 heavy (non-hydrogen) atoms. The van der Waals surface area contributed by atoms with Crippen LogP contribution < -0.4 is 10.1 Å². The maximum Gasteiger partial charge on any atom is 0.273 e. The number of hydrogen-bond acceptors (Lipinski definition) is 6. The molecule has 0 bridgehead atoms. The molecule has 0 amide bonds. The molecule has 184 valence electrons. The summed E-state index contributed by atoms with van der Waals surface area (Å²) in [4.78, 5) is 17.7. The fraction of sp³-hybridized carbons (Fsp3) is 0.360. The number of ether oxygens (including phenoxy) is 2. The molecule has 1 fully saturated rings. The highest BCUT2D eigenvalue weighted by atomic mass is 32.1. The third-order valence-electron chi connectivity index (χ3n) is 6.35. The van der Waals surface area contributed by atoms with E-state index < -0.39 is 4.92 Å². The first-order chi connectivity index (χ1) is 16.9. The summed E-state index contributed by atoms with van der Waals surface area (Å²) in [6.07, 6.45) is 2.62. The Hall–Kier alpha value is -3.50. The fourth-order valence-electron chi connectivity index (χ4n) is 4.79. The fourth-order valence-corrected chi connectivity index (χ4v) is 5.12. The lowest BCUT2D eigenvalue weighted by Crippen LogP contribution is -2.31. The molecule has 2 atom stereocenters. The molecule has 3 aromatic rings. The molecule has 1 aromatic carbocycles. The van der Waals surface area contributed by atoms with Gasteiger partial charge in [-0.25, -0.2) is 0 Å². The number of nitro groups is 1. The number of hydrogen-bond donors (Lipinski definition) is 1. The molecule has 1 aliphatic heterocycles. The van der Waals surface area contributed by atoms with Gasteiger partial charge < -0.3 is 24.3 Å². The van der Waals surface area contributed by atoms with Gasteiger partial charge in [-0.3, -0.25) is 15.1 Å². The number of non-ortho nitro benzene ring substituents is 1. The number of aryl methyl sites for hydroxylation is 1. The highest BCUT2D eigenvalue weighted by Gasteiger charge is 2.41. The Morgan fingerprint density at radius 3 is 2.66 bits per heavy atom. The second-order valence-corrected chi connectivity index (χ2v) is 8.83. The summed E-state index contributed by atoms with van der Waals surface area (Å²) in [5.41, 5.74) is 4.73. The topological polar surface area (TPSA) is 94.7 Å². The van der Waals surface area contributed by atoms with Crippen molar-refractivity contribution in [3.05, 3.63) is 81.4 Å². The lowest BCUT2D eigenvalue weighted by atomic mass is 9.96. The highest BCUT2D eigenvalue weighted by Crippen LogP contribution is 2.42. The minimum atomic E-state index is -0.423. The Morgan fingerprint density at radius 2 is 2.00 bits per heavy atom. The largest absolute Gasteiger partial charge is 0.494 e. The second-order valence-electron chi connectivity index (χ2n) is 8.44. The Balaban J connectivity index is 1.82. The maximum atomic E-state index is 11.3. The first-order valence-electron chi connectivity index (χ1n) is 11.4. The van der Waals surface area contributed by atoms with Gasteiger partial charge in [0.2, 0.25) is 0 Å². The number of pyridine rings is 1. The minimum absolute atomic E-state index is 0.0156. The van der Waals surface area contributed by atoms with Gasteiger partial charge in [0.05, 0.1) is 41.6 Å². The zero-order valence-electron chi connectivity index (χ0n) is 20.2. The Labute approximate surface area is 209 Å². The van der Waals surface area contributed by atoms with Crippen LogP contribution in [0.25, 0.3) is 5.69 Å². The Morgan fingerprint density at radius 1 is 1.20 bits per heavy atom. The highest BCUT2D eigenvalue weighted by molar-refractivity contribution is 7.80. The van der Waals surface area contributed by atoms with E-state index in [-0.39, 0.29) is 17.8 Å². The molecule has 0 spiro atoms. The van der Waals surface area contributed by atoms with Crippen LogP contribution >= 0.6 is 12.2 Å². The molecule has 3 heterocycles. The van der Waals surface area contributed by atoms with E-state index in [0.717, 1.165) is 41.3 Å². The van der Waals surface area contributed by atoms with Gasteiger partial charge in [-0.15, -0.1) is 0 Å². The number of benzene rings is 1. The molecular weight excluding hydrogens is 466 g/mol. The molecule has 0 aliphatic carbocycles. The molecule has 2 unspecified atom stereocenters. The zero-order valence-corrected chi connectivity index (χ0v) is 21.0. The van der Waals surface area contributed by atoms with Crippen LogP contribution in [0.5, 0.6) is 5.75 Å². The van der Waals surface area contributed by atoms with E-state index in [4.69, 9.17) is 21.7 Å². The molecule has 1 aliphatic rings. The van der Waals surface area contributed by atoms with Crippen LogP contribution in [0, 0.1) is 24.0 Å². The third-order valence-corrected chi connectivity index (χ3v) is 6.70. The van der Waals surface area contributed by atoms with Gasteiger partial charge in [0.15, 0.2) is 5.11 Å². The normalized spacial score (nSPS) is 17.5. The van der Waals surface area contributed by atoms with E-state index in [9.17, 15) is 10.1 Å². The second kappa shape index (κ2) is 10.4. The summed E-state index contributed by atoms with van der Waals surface area (Å²) in [5.74, 6) is 0.436. The number of aromatic nitrogens is 2. The number of methoxy groups -OCH3 is 2. The maximum absolute atomic E-state index is 11.3. The number of thiocarbonyl (C=S) groups is 1. The van der Waals surface area contributed by atoms with E-state index in [2.05, 4.69) is 25.8 Å². The van der Waals surface area contributed by atoms with Crippen LogP contribution in [0.4, 0.5) is 5.69 Å². The lowest BCUT2D eigenvalue weighted by molar-refractivity contribution is -0.384. The van der Waals surface area contributed by atoms with Gasteiger partial charge in [-0.1, -0.05) is 6.07 Å². The summed E-state index contributed by atoms with van der Waals surface area (Å²) >= 11 is 5.75. The van der Waals surface area contributed by atoms with Crippen LogP contribution in [0.3, 0.4) is 0 Å². The predicted octanol–water partition coefficient (Wildman–Crippen LogP) is 4.41. The summed E-state index contributed by atoms with van der Waals surface area (Å²) in [6, 6.07) is 12.5. The van der Waals surface area contributed by atoms with Crippen molar-refractivity contribution in [2.24, 2.45) is 0 Å². The van der Waals surface area contributed by atoms with E-state index in [1.807, 2.05) is 32.0 Å². The predicted molar refractivity (Wildman–Crippen MR) is 137 cm³/mol. The summed E-state index contributed by atoms with van der Waals surface area (Å²) < 4.78 is 12.9. The quantitative estimate of drug-likeness (QED) is 0.202. The van der Waals surface area contributed by atoms with Crippen LogP contribution in [-0.2, 0) is 4.74 Å². The van der Waals surface area contributed by atoms with Crippen molar-refractivity contribution in [2.75, 3.05) is 27.4 Å². The third kappa shape index (κ3) is 4.71. The zero-order chi connectivity index (χ0) is 25.1. The number of nitrogens with zero attached hydrogens (tertiary/aromatic N) is 4. The Bertz CT molecular complexity index is 1230. The van der Waals surface area contributed by atoms with Crippen molar-refractivity contribution >= 4 is 23.0 Å². The summed E-state index contributed by atoms with van der Waals surface area (Å²) in [7, 11) is 3.21. The smallest absolute Gasteiger partial charge is 0.273 e. The minimum Gasteiger partial charge on any atom is -0.494 e. The van der Waals surface area contributed by atoms with Gasteiger partial charge in [0, 0.05) is 43.9 Å². The van der Waals surface area contributed by atoms with Crippen LogP contribution in [0.1, 0.15) is 41.1 Å². The average molecular weight is 496 g/mol. The van der Waals surface area contributed by atoms with Crippen LogP contribution in [0.15, 0.2) is 48.7 Å². The first kappa shape index (κ1) is 24.6. The number of rotatable bonds is 9. The standard InChI is InChI=1S/C25H29N5O4S/c1-16-14-19(17(2)29(16)21-10-9-18(30(31)32)15-22(21)34-4)24-23(20-8-5-6-11-26-20)27-25(35)28(24)12-7-13-33-3/h5-6,8-11,14-15,23-24H,7,12-13H2,1-4H3,(H,27,35). The summed E-state index contributed by atoms with van der Waals surface area (Å²) in [6.45, 7) is 5.44. The molecule has 10 heteroatoms. The van der Waals surface area contributed by atoms with E-state index in [0.29, 0.717) is 17.5 Å². The Kier molecular flexibility index (Phi) is 7.32. The van der Waals surface area contributed by atoms with Crippen molar-refractivity contribution in [3.63, 3.8) is 0 Å². The molecule has 0 radical (unpaired) electrons. The van der Waals surface area contributed by atoms with Crippen LogP contribution in [-0.4, -0.2) is 51.9 Å². The van der Waals surface area contributed by atoms with E-state index >= 15 is 0 Å².